The fourth-order valence-electron chi connectivity index (χ4n) is 3.87. The highest BCUT2D eigenvalue weighted by Gasteiger charge is 2.22. The van der Waals surface area contributed by atoms with E-state index in [9.17, 15) is 8.42 Å². The van der Waals surface area contributed by atoms with E-state index >= 15 is 0 Å². The molecule has 5 N–H and O–H groups in total. The van der Waals surface area contributed by atoms with E-state index in [0.29, 0.717) is 34.1 Å². The van der Waals surface area contributed by atoms with E-state index in [-0.39, 0.29) is 16.8 Å². The monoisotopic (exact) mass is 428 g/mol. The number of methoxy groups -OCH3 is 1. The summed E-state index contributed by atoms with van der Waals surface area (Å²) in [7, 11) is -2.19. The van der Waals surface area contributed by atoms with E-state index in [1.54, 1.807) is 31.5 Å². The zero-order valence-electron chi connectivity index (χ0n) is 16.6. The fourth-order valence-corrected chi connectivity index (χ4v) is 4.62. The topological polar surface area (TPSA) is 146 Å². The molecule has 158 valence electrons. The molecule has 0 saturated heterocycles. The lowest BCUT2D eigenvalue weighted by molar-refractivity contribution is 0.0681. The maximum Gasteiger partial charge on any atom is 0.238 e. The molecule has 9 nitrogen and oxygen atoms in total. The third-order valence-corrected chi connectivity index (χ3v) is 6.45. The number of pyridine rings is 1. The van der Waals surface area contributed by atoms with E-state index < -0.39 is 10.0 Å². The molecule has 3 aromatic rings. The zero-order chi connectivity index (χ0) is 21.3. The number of anilines is 2. The van der Waals surface area contributed by atoms with Crippen LogP contribution in [0.1, 0.15) is 25.7 Å². The van der Waals surface area contributed by atoms with Crippen LogP contribution in [0.5, 0.6) is 0 Å². The SMILES string of the molecule is COC1CCC(Nc2ncc3c(N)ncc(-c4ccccc4S(N)(=O)=O)c3n2)CC1. The molecular formula is C20H24N6O3S. The van der Waals surface area contributed by atoms with Crippen molar-refractivity contribution in [3.63, 3.8) is 0 Å². The van der Waals surface area contributed by atoms with Crippen LogP contribution in [0.25, 0.3) is 22.0 Å². The lowest BCUT2D eigenvalue weighted by Crippen LogP contribution is -2.29. The summed E-state index contributed by atoms with van der Waals surface area (Å²) in [6, 6.07) is 6.73. The Morgan fingerprint density at radius 3 is 2.50 bits per heavy atom. The summed E-state index contributed by atoms with van der Waals surface area (Å²) < 4.78 is 29.6. The van der Waals surface area contributed by atoms with E-state index in [4.69, 9.17) is 15.6 Å². The van der Waals surface area contributed by atoms with E-state index in [0.717, 1.165) is 25.7 Å². The number of ether oxygens (including phenoxy) is 1. The van der Waals surface area contributed by atoms with Gasteiger partial charge in [0.2, 0.25) is 16.0 Å². The van der Waals surface area contributed by atoms with E-state index in [1.165, 1.54) is 12.3 Å². The van der Waals surface area contributed by atoms with Crippen LogP contribution < -0.4 is 16.2 Å². The molecular weight excluding hydrogens is 404 g/mol. The molecule has 0 radical (unpaired) electrons. The average molecular weight is 429 g/mol. The minimum atomic E-state index is -3.93. The van der Waals surface area contributed by atoms with Crippen LogP contribution in [0, 0.1) is 0 Å². The molecule has 0 atom stereocenters. The molecule has 1 aromatic carbocycles. The van der Waals surface area contributed by atoms with Crippen molar-refractivity contribution in [1.29, 1.82) is 0 Å². The van der Waals surface area contributed by atoms with Crippen molar-refractivity contribution in [2.24, 2.45) is 5.14 Å². The summed E-state index contributed by atoms with van der Waals surface area (Å²) in [5.41, 5.74) is 7.48. The summed E-state index contributed by atoms with van der Waals surface area (Å²) in [5.74, 6) is 0.734. The molecule has 0 aliphatic heterocycles. The van der Waals surface area contributed by atoms with Gasteiger partial charge in [-0.1, -0.05) is 18.2 Å². The smallest absolute Gasteiger partial charge is 0.238 e. The maximum atomic E-state index is 12.1. The normalized spacial score (nSPS) is 19.7. The second-order valence-corrected chi connectivity index (χ2v) is 8.94. The molecule has 30 heavy (non-hydrogen) atoms. The Labute approximate surface area is 174 Å². The highest BCUT2D eigenvalue weighted by atomic mass is 32.2. The Kier molecular flexibility index (Phi) is 5.54. The number of nitrogens with one attached hydrogen (secondary N) is 1. The lowest BCUT2D eigenvalue weighted by Gasteiger charge is -2.28. The molecule has 0 bridgehead atoms. The third-order valence-electron chi connectivity index (χ3n) is 5.48. The molecule has 1 aliphatic rings. The summed E-state index contributed by atoms with van der Waals surface area (Å²) in [5, 5.41) is 9.34. The Morgan fingerprint density at radius 2 is 1.80 bits per heavy atom. The number of benzene rings is 1. The van der Waals surface area contributed by atoms with Gasteiger partial charge < -0.3 is 15.8 Å². The number of hydrogen-bond acceptors (Lipinski definition) is 8. The first kappa shape index (κ1) is 20.5. The molecule has 0 unspecified atom stereocenters. The van der Waals surface area contributed by atoms with Gasteiger partial charge in [0.15, 0.2) is 0 Å². The van der Waals surface area contributed by atoms with Crippen LogP contribution in [0.15, 0.2) is 41.6 Å². The molecule has 1 fully saturated rings. The Morgan fingerprint density at radius 1 is 1.07 bits per heavy atom. The zero-order valence-corrected chi connectivity index (χ0v) is 17.4. The number of nitrogens with zero attached hydrogens (tertiary/aromatic N) is 3. The Bertz CT molecular complexity index is 1180. The molecule has 0 spiro atoms. The Balaban J connectivity index is 1.76. The van der Waals surface area contributed by atoms with Gasteiger partial charge in [0.25, 0.3) is 0 Å². The number of rotatable bonds is 5. The van der Waals surface area contributed by atoms with Gasteiger partial charge >= 0.3 is 0 Å². The molecule has 2 aromatic heterocycles. The number of sulfonamides is 1. The second kappa shape index (κ2) is 8.13. The van der Waals surface area contributed by atoms with Gasteiger partial charge in [0.1, 0.15) is 5.82 Å². The van der Waals surface area contributed by atoms with Gasteiger partial charge in [0.05, 0.1) is 21.9 Å². The number of fused-ring (bicyclic) bond motifs is 1. The summed E-state index contributed by atoms with van der Waals surface area (Å²) in [6.45, 7) is 0. The second-order valence-electron chi connectivity index (χ2n) is 7.41. The quantitative estimate of drug-likeness (QED) is 0.561. The van der Waals surface area contributed by atoms with Gasteiger partial charge in [0, 0.05) is 36.7 Å². The van der Waals surface area contributed by atoms with Crippen molar-refractivity contribution in [3.8, 4) is 11.1 Å². The predicted octanol–water partition coefficient (Wildman–Crippen LogP) is 2.29. The highest BCUT2D eigenvalue weighted by Crippen LogP contribution is 2.33. The van der Waals surface area contributed by atoms with Crippen molar-refractivity contribution in [2.75, 3.05) is 18.2 Å². The Hall–Kier alpha value is -2.82. The maximum absolute atomic E-state index is 12.1. The molecule has 1 aliphatic carbocycles. The van der Waals surface area contributed by atoms with Crippen LogP contribution in [-0.2, 0) is 14.8 Å². The molecule has 4 rings (SSSR count). The van der Waals surface area contributed by atoms with Crippen molar-refractivity contribution >= 4 is 32.7 Å². The molecule has 2 heterocycles. The van der Waals surface area contributed by atoms with Gasteiger partial charge in [-0.3, -0.25) is 0 Å². The van der Waals surface area contributed by atoms with Crippen molar-refractivity contribution in [2.45, 2.75) is 42.7 Å². The lowest BCUT2D eigenvalue weighted by atomic mass is 9.93. The van der Waals surface area contributed by atoms with Crippen LogP contribution in [0.2, 0.25) is 0 Å². The minimum absolute atomic E-state index is 0.00359. The number of primary sulfonamides is 1. The predicted molar refractivity (Wildman–Crippen MR) is 115 cm³/mol. The van der Waals surface area contributed by atoms with Gasteiger partial charge in [-0.05, 0) is 31.7 Å². The number of nitrogens with two attached hydrogens (primary N) is 2. The van der Waals surface area contributed by atoms with E-state index in [1.807, 2.05) is 0 Å². The first-order valence-corrected chi connectivity index (χ1v) is 11.2. The van der Waals surface area contributed by atoms with Crippen molar-refractivity contribution in [1.82, 2.24) is 15.0 Å². The van der Waals surface area contributed by atoms with Gasteiger partial charge in [-0.2, -0.15) is 0 Å². The number of nitrogen functional groups attached to an aromatic ring is 1. The van der Waals surface area contributed by atoms with Crippen molar-refractivity contribution in [3.05, 3.63) is 36.7 Å². The summed E-state index contributed by atoms with van der Waals surface area (Å²) in [4.78, 5) is 13.3. The first-order chi connectivity index (χ1) is 14.4. The van der Waals surface area contributed by atoms with Crippen molar-refractivity contribution < 1.29 is 13.2 Å². The average Bonchev–Trinajstić information content (AvgIpc) is 2.74. The van der Waals surface area contributed by atoms with Gasteiger partial charge in [-0.15, -0.1) is 0 Å². The third kappa shape index (κ3) is 4.07. The van der Waals surface area contributed by atoms with Crippen LogP contribution in [-0.4, -0.2) is 42.6 Å². The van der Waals surface area contributed by atoms with Crippen LogP contribution in [0.4, 0.5) is 11.8 Å². The first-order valence-electron chi connectivity index (χ1n) is 9.69. The van der Waals surface area contributed by atoms with Crippen LogP contribution in [0.3, 0.4) is 0 Å². The molecule has 10 heteroatoms. The number of aromatic nitrogens is 3. The summed E-state index contributed by atoms with van der Waals surface area (Å²) >= 11 is 0. The summed E-state index contributed by atoms with van der Waals surface area (Å²) in [6.07, 6.45) is 7.29. The minimum Gasteiger partial charge on any atom is -0.383 e. The molecule has 1 saturated carbocycles. The standard InChI is InChI=1S/C20H24N6O3S/c1-29-13-8-6-12(7-9-13)25-20-24-11-16-18(26-20)15(10-23-19(16)21)14-4-2-3-5-17(14)30(22,27)28/h2-5,10-13H,6-9H2,1H3,(H2,21,23)(H2,22,27,28)(H,24,25,26). The van der Waals surface area contributed by atoms with Crippen LogP contribution >= 0.6 is 0 Å². The highest BCUT2D eigenvalue weighted by molar-refractivity contribution is 7.89. The fraction of sp³-hybridized carbons (Fsp3) is 0.350. The van der Waals surface area contributed by atoms with Gasteiger partial charge in [-0.25, -0.2) is 28.5 Å². The largest absolute Gasteiger partial charge is 0.383 e. The number of hydrogen-bond donors (Lipinski definition) is 3. The molecule has 0 amide bonds. The van der Waals surface area contributed by atoms with E-state index in [2.05, 4.69) is 20.3 Å².